The topological polar surface area (TPSA) is 70.8 Å². The van der Waals surface area contributed by atoms with Gasteiger partial charge >= 0.3 is 0 Å². The summed E-state index contributed by atoms with van der Waals surface area (Å²) in [6.07, 6.45) is 0. The Kier molecular flexibility index (Phi) is 8.36. The van der Waals surface area contributed by atoms with E-state index in [0.717, 1.165) is 0 Å². The highest BCUT2D eigenvalue weighted by atomic mass is 32.2. The lowest BCUT2D eigenvalue weighted by Crippen LogP contribution is -2.12. The van der Waals surface area contributed by atoms with E-state index in [1.807, 2.05) is 0 Å². The maximum Gasteiger partial charge on any atom is 0.126 e. The van der Waals surface area contributed by atoms with Crippen molar-refractivity contribution in [2.75, 3.05) is 51.6 Å². The molecule has 2 N–H and O–H groups in total. The summed E-state index contributed by atoms with van der Waals surface area (Å²) in [5, 5.41) is 0. The van der Waals surface area contributed by atoms with Crippen molar-refractivity contribution in [2.45, 2.75) is 4.90 Å². The van der Waals surface area contributed by atoms with Gasteiger partial charge in [-0.3, -0.25) is 4.21 Å². The zero-order valence-corrected chi connectivity index (χ0v) is 12.3. The van der Waals surface area contributed by atoms with Crippen molar-refractivity contribution in [1.82, 2.24) is 0 Å². The summed E-state index contributed by atoms with van der Waals surface area (Å²) >= 11 is 0. The van der Waals surface area contributed by atoms with E-state index in [1.165, 1.54) is 18.2 Å². The smallest absolute Gasteiger partial charge is 0.126 e. The summed E-state index contributed by atoms with van der Waals surface area (Å²) < 4.78 is 40.3. The molecule has 0 aliphatic rings. The maximum atomic E-state index is 13.1. The van der Waals surface area contributed by atoms with Crippen LogP contribution in [0.3, 0.4) is 0 Å². The van der Waals surface area contributed by atoms with Crippen LogP contribution in [0, 0.1) is 5.82 Å². The minimum Gasteiger partial charge on any atom is -0.399 e. The van der Waals surface area contributed by atoms with Crippen LogP contribution < -0.4 is 5.73 Å². The fraction of sp³-hybridized carbons (Fsp3) is 0.538. The Morgan fingerprint density at radius 3 is 2.40 bits per heavy atom. The monoisotopic (exact) mass is 305 g/mol. The molecule has 0 amide bonds. The molecule has 0 aromatic heterocycles. The fourth-order valence-corrected chi connectivity index (χ4v) is 2.45. The van der Waals surface area contributed by atoms with Crippen LogP contribution in [0.25, 0.3) is 0 Å². The van der Waals surface area contributed by atoms with Gasteiger partial charge < -0.3 is 19.9 Å². The lowest BCUT2D eigenvalue weighted by molar-refractivity contribution is 0.0285. The van der Waals surface area contributed by atoms with E-state index in [2.05, 4.69) is 0 Å². The maximum absolute atomic E-state index is 13.1. The lowest BCUT2D eigenvalue weighted by Gasteiger charge is -2.06. The molecule has 0 bridgehead atoms. The molecule has 114 valence electrons. The molecule has 0 spiro atoms. The van der Waals surface area contributed by atoms with Crippen LogP contribution >= 0.6 is 0 Å². The van der Waals surface area contributed by atoms with Gasteiger partial charge in [0.05, 0.1) is 49.6 Å². The average Bonchev–Trinajstić information content (AvgIpc) is 2.40. The summed E-state index contributed by atoms with van der Waals surface area (Å²) in [7, 11) is 0.285. The lowest BCUT2D eigenvalue weighted by atomic mass is 10.3. The summed E-state index contributed by atoms with van der Waals surface area (Å²) in [4.78, 5) is 0.377. The summed E-state index contributed by atoms with van der Waals surface area (Å²) in [5.41, 5.74) is 5.76. The van der Waals surface area contributed by atoms with E-state index < -0.39 is 16.6 Å². The molecule has 7 heteroatoms. The number of hydrogen-bond acceptors (Lipinski definition) is 5. The highest BCUT2D eigenvalue weighted by molar-refractivity contribution is 7.85. The van der Waals surface area contributed by atoms with Gasteiger partial charge in [-0.15, -0.1) is 0 Å². The van der Waals surface area contributed by atoms with Crippen LogP contribution in [-0.4, -0.2) is 50.1 Å². The van der Waals surface area contributed by atoms with E-state index in [9.17, 15) is 8.60 Å². The average molecular weight is 305 g/mol. The van der Waals surface area contributed by atoms with Gasteiger partial charge in [0.1, 0.15) is 5.82 Å². The number of halogens is 1. The number of benzene rings is 1. The first kappa shape index (κ1) is 17.0. The molecule has 1 atom stereocenters. The third-order valence-electron chi connectivity index (χ3n) is 2.37. The second-order valence-corrected chi connectivity index (χ2v) is 5.56. The molecule has 1 aromatic rings. The van der Waals surface area contributed by atoms with Gasteiger partial charge in [0.2, 0.25) is 0 Å². The Morgan fingerprint density at radius 1 is 1.10 bits per heavy atom. The van der Waals surface area contributed by atoms with E-state index in [-0.39, 0.29) is 5.69 Å². The number of anilines is 1. The van der Waals surface area contributed by atoms with Crippen LogP contribution in [0.15, 0.2) is 23.1 Å². The van der Waals surface area contributed by atoms with Gasteiger partial charge in [-0.2, -0.15) is 0 Å². The second kappa shape index (κ2) is 9.82. The second-order valence-electron chi connectivity index (χ2n) is 3.99. The third-order valence-corrected chi connectivity index (χ3v) is 3.67. The largest absolute Gasteiger partial charge is 0.399 e. The molecule has 5 nitrogen and oxygen atoms in total. The molecule has 0 saturated carbocycles. The van der Waals surface area contributed by atoms with Crippen molar-refractivity contribution in [3.8, 4) is 0 Å². The Morgan fingerprint density at radius 2 is 1.75 bits per heavy atom. The zero-order valence-electron chi connectivity index (χ0n) is 11.5. The van der Waals surface area contributed by atoms with Crippen LogP contribution in [0.5, 0.6) is 0 Å². The van der Waals surface area contributed by atoms with Crippen molar-refractivity contribution in [2.24, 2.45) is 0 Å². The Hall–Kier alpha value is -1.02. The normalized spacial score (nSPS) is 12.5. The first-order valence-corrected chi connectivity index (χ1v) is 7.54. The third kappa shape index (κ3) is 6.95. The molecule has 1 rings (SSSR count). The quantitative estimate of drug-likeness (QED) is 0.519. The number of hydrogen-bond donors (Lipinski definition) is 1. The predicted molar refractivity (Wildman–Crippen MR) is 75.6 cm³/mol. The van der Waals surface area contributed by atoms with E-state index in [1.54, 1.807) is 7.11 Å². The highest BCUT2D eigenvalue weighted by Gasteiger charge is 2.06. The van der Waals surface area contributed by atoms with Gasteiger partial charge in [-0.25, -0.2) is 4.39 Å². The van der Waals surface area contributed by atoms with Crippen LogP contribution in [0.2, 0.25) is 0 Å². The Balaban J connectivity index is 2.17. The molecule has 0 saturated heterocycles. The minimum absolute atomic E-state index is 0.265. The van der Waals surface area contributed by atoms with E-state index in [4.69, 9.17) is 19.9 Å². The number of ether oxygens (including phenoxy) is 3. The highest BCUT2D eigenvalue weighted by Crippen LogP contribution is 2.14. The molecule has 0 fully saturated rings. The van der Waals surface area contributed by atoms with Crippen molar-refractivity contribution in [1.29, 1.82) is 0 Å². The Bertz CT molecular complexity index is 411. The number of nitrogens with two attached hydrogens (primary N) is 1. The first-order chi connectivity index (χ1) is 9.63. The van der Waals surface area contributed by atoms with Crippen molar-refractivity contribution in [3.63, 3.8) is 0 Å². The molecular formula is C13H20FNO4S. The molecule has 0 aliphatic heterocycles. The van der Waals surface area contributed by atoms with Crippen LogP contribution in [0.4, 0.5) is 10.1 Å². The fourth-order valence-electron chi connectivity index (χ4n) is 1.43. The number of nitrogen functional groups attached to an aromatic ring is 1. The molecule has 20 heavy (non-hydrogen) atoms. The number of methoxy groups -OCH3 is 1. The van der Waals surface area contributed by atoms with Crippen LogP contribution in [0.1, 0.15) is 0 Å². The van der Waals surface area contributed by atoms with Gasteiger partial charge in [0.15, 0.2) is 0 Å². The zero-order chi connectivity index (χ0) is 14.8. The number of rotatable bonds is 10. The molecule has 0 aliphatic carbocycles. The van der Waals surface area contributed by atoms with Gasteiger partial charge in [-0.1, -0.05) is 0 Å². The van der Waals surface area contributed by atoms with Gasteiger partial charge in [0, 0.05) is 17.7 Å². The summed E-state index contributed by atoms with van der Waals surface area (Å²) in [5.74, 6) is -0.193. The summed E-state index contributed by atoms with van der Waals surface area (Å²) in [6, 6.07) is 3.92. The predicted octanol–water partition coefficient (Wildman–Crippen LogP) is 1.20. The molecule has 1 unspecified atom stereocenters. The van der Waals surface area contributed by atoms with Crippen molar-refractivity contribution in [3.05, 3.63) is 24.0 Å². The van der Waals surface area contributed by atoms with Gasteiger partial charge in [0.25, 0.3) is 0 Å². The first-order valence-electron chi connectivity index (χ1n) is 6.22. The van der Waals surface area contributed by atoms with E-state index >= 15 is 0 Å². The standard InChI is InChI=1S/C13H20FNO4S/c1-17-2-3-18-4-5-19-6-7-20(16)13-9-11(14)8-12(15)10-13/h8-10H,2-7,15H2,1H3. The van der Waals surface area contributed by atoms with Crippen molar-refractivity contribution >= 4 is 16.5 Å². The SMILES string of the molecule is COCCOCCOCCS(=O)c1cc(N)cc(F)c1. The van der Waals surface area contributed by atoms with Gasteiger partial charge in [-0.05, 0) is 18.2 Å². The Labute approximate surface area is 120 Å². The molecule has 0 heterocycles. The van der Waals surface area contributed by atoms with Crippen LogP contribution in [-0.2, 0) is 25.0 Å². The summed E-state index contributed by atoms with van der Waals surface area (Å²) in [6.45, 7) is 2.27. The van der Waals surface area contributed by atoms with Crippen molar-refractivity contribution < 1.29 is 22.8 Å². The molecule has 1 aromatic carbocycles. The molecular weight excluding hydrogens is 285 g/mol. The van der Waals surface area contributed by atoms with E-state index in [0.29, 0.717) is 43.7 Å². The molecule has 0 radical (unpaired) electrons. The minimum atomic E-state index is -1.32.